The number of rotatable bonds is 2. The monoisotopic (exact) mass is 253 g/mol. The normalized spacial score (nSPS) is 21.7. The number of aromatic nitrogens is 1. The largest absolute Gasteiger partial charge is 0.373 e. The summed E-state index contributed by atoms with van der Waals surface area (Å²) in [5, 5.41) is 0. The van der Waals surface area contributed by atoms with E-state index in [0.29, 0.717) is 19.7 Å². The summed E-state index contributed by atoms with van der Waals surface area (Å²) in [4.78, 5) is 17.5. The van der Waals surface area contributed by atoms with Gasteiger partial charge in [-0.05, 0) is 19.1 Å². The van der Waals surface area contributed by atoms with E-state index >= 15 is 0 Å². The zero-order valence-electron chi connectivity index (χ0n) is 10.2. The number of pyridine rings is 1. The fourth-order valence-corrected chi connectivity index (χ4v) is 1.84. The molecule has 5 nitrogen and oxygen atoms in total. The first-order chi connectivity index (χ1) is 8.58. The molecule has 1 aliphatic rings. The van der Waals surface area contributed by atoms with Gasteiger partial charge in [-0.15, -0.1) is 0 Å². The zero-order valence-corrected chi connectivity index (χ0v) is 10.2. The van der Waals surface area contributed by atoms with E-state index in [2.05, 4.69) is 4.98 Å². The van der Waals surface area contributed by atoms with Crippen molar-refractivity contribution < 1.29 is 13.9 Å². The van der Waals surface area contributed by atoms with E-state index in [1.54, 1.807) is 4.90 Å². The Morgan fingerprint density at radius 1 is 1.67 bits per heavy atom. The maximum atomic E-state index is 12.7. The van der Waals surface area contributed by atoms with Crippen LogP contribution in [0.5, 0.6) is 0 Å². The first-order valence-corrected chi connectivity index (χ1v) is 5.86. The summed E-state index contributed by atoms with van der Waals surface area (Å²) >= 11 is 0. The van der Waals surface area contributed by atoms with Gasteiger partial charge in [-0.2, -0.15) is 0 Å². The highest BCUT2D eigenvalue weighted by molar-refractivity contribution is 5.92. The van der Waals surface area contributed by atoms with Crippen LogP contribution in [0.1, 0.15) is 17.4 Å². The van der Waals surface area contributed by atoms with E-state index < -0.39 is 5.82 Å². The maximum Gasteiger partial charge on any atom is 0.272 e. The van der Waals surface area contributed by atoms with Gasteiger partial charge in [0.1, 0.15) is 11.5 Å². The average molecular weight is 253 g/mol. The molecule has 2 rings (SSSR count). The molecular weight excluding hydrogens is 237 g/mol. The highest BCUT2D eigenvalue weighted by atomic mass is 19.1. The van der Waals surface area contributed by atoms with Crippen LogP contribution in [-0.2, 0) is 4.74 Å². The van der Waals surface area contributed by atoms with E-state index in [1.807, 2.05) is 6.92 Å². The van der Waals surface area contributed by atoms with Gasteiger partial charge in [0, 0.05) is 19.1 Å². The van der Waals surface area contributed by atoms with Gasteiger partial charge in [-0.3, -0.25) is 4.79 Å². The number of nitrogens with zero attached hydrogens (tertiary/aromatic N) is 2. The predicted molar refractivity (Wildman–Crippen MR) is 63.5 cm³/mol. The summed E-state index contributed by atoms with van der Waals surface area (Å²) in [5.41, 5.74) is 6.00. The smallest absolute Gasteiger partial charge is 0.272 e. The number of morpholine rings is 1. The van der Waals surface area contributed by atoms with E-state index in [4.69, 9.17) is 10.5 Å². The Morgan fingerprint density at radius 3 is 3.06 bits per heavy atom. The van der Waals surface area contributed by atoms with Gasteiger partial charge < -0.3 is 15.4 Å². The summed E-state index contributed by atoms with van der Waals surface area (Å²) < 4.78 is 18.2. The van der Waals surface area contributed by atoms with E-state index in [0.717, 1.165) is 6.20 Å². The Hall–Kier alpha value is -1.53. The number of carbonyl (C=O) groups excluding carboxylic acids is 1. The average Bonchev–Trinajstić information content (AvgIpc) is 2.39. The molecule has 1 aromatic heterocycles. The van der Waals surface area contributed by atoms with Crippen molar-refractivity contribution >= 4 is 5.91 Å². The lowest BCUT2D eigenvalue weighted by molar-refractivity contribution is -0.0301. The van der Waals surface area contributed by atoms with Crippen molar-refractivity contribution in [3.8, 4) is 0 Å². The summed E-state index contributed by atoms with van der Waals surface area (Å²) in [5.74, 6) is -0.675. The third-order valence-corrected chi connectivity index (χ3v) is 2.91. The van der Waals surface area contributed by atoms with Crippen LogP contribution in [0, 0.1) is 5.82 Å². The first kappa shape index (κ1) is 12.9. The molecule has 1 saturated heterocycles. The van der Waals surface area contributed by atoms with E-state index in [1.165, 1.54) is 12.1 Å². The SMILES string of the molecule is CC(N)C1CN(C(=O)c2ccc(F)cn2)CCO1. The van der Waals surface area contributed by atoms with E-state index in [9.17, 15) is 9.18 Å². The number of hydrogen-bond donors (Lipinski definition) is 1. The molecule has 1 aromatic rings. The Morgan fingerprint density at radius 2 is 2.44 bits per heavy atom. The van der Waals surface area contributed by atoms with Gasteiger partial charge >= 0.3 is 0 Å². The molecule has 2 unspecified atom stereocenters. The number of nitrogens with two attached hydrogens (primary N) is 1. The van der Waals surface area contributed by atoms with Crippen LogP contribution in [0.2, 0.25) is 0 Å². The van der Waals surface area contributed by atoms with Gasteiger partial charge in [-0.1, -0.05) is 0 Å². The van der Waals surface area contributed by atoms with Crippen molar-refractivity contribution in [3.63, 3.8) is 0 Å². The number of hydrogen-bond acceptors (Lipinski definition) is 4. The highest BCUT2D eigenvalue weighted by Crippen LogP contribution is 2.11. The lowest BCUT2D eigenvalue weighted by Crippen LogP contribution is -2.51. The molecule has 0 bridgehead atoms. The van der Waals surface area contributed by atoms with Crippen LogP contribution in [0.25, 0.3) is 0 Å². The molecule has 0 aliphatic carbocycles. The van der Waals surface area contributed by atoms with Gasteiger partial charge in [0.15, 0.2) is 0 Å². The minimum atomic E-state index is -0.456. The Bertz CT molecular complexity index is 422. The molecule has 2 N–H and O–H groups in total. The summed E-state index contributed by atoms with van der Waals surface area (Å²) in [6.07, 6.45) is 0.875. The lowest BCUT2D eigenvalue weighted by Gasteiger charge is -2.34. The van der Waals surface area contributed by atoms with Crippen molar-refractivity contribution in [1.82, 2.24) is 9.88 Å². The molecule has 2 atom stereocenters. The van der Waals surface area contributed by atoms with E-state index in [-0.39, 0.29) is 23.7 Å². The van der Waals surface area contributed by atoms with Gasteiger partial charge in [0.05, 0.1) is 18.9 Å². The summed E-state index contributed by atoms with van der Waals surface area (Å²) in [6.45, 7) is 3.24. The Balaban J connectivity index is 2.06. The van der Waals surface area contributed by atoms with Crippen molar-refractivity contribution in [2.24, 2.45) is 5.73 Å². The van der Waals surface area contributed by atoms with Crippen LogP contribution in [-0.4, -0.2) is 47.6 Å². The first-order valence-electron chi connectivity index (χ1n) is 5.86. The van der Waals surface area contributed by atoms with Crippen molar-refractivity contribution in [1.29, 1.82) is 0 Å². The maximum absolute atomic E-state index is 12.7. The van der Waals surface area contributed by atoms with Crippen LogP contribution in [0.15, 0.2) is 18.3 Å². The van der Waals surface area contributed by atoms with Crippen molar-refractivity contribution in [3.05, 3.63) is 29.8 Å². The molecule has 0 radical (unpaired) electrons. The molecule has 0 aromatic carbocycles. The number of carbonyl (C=O) groups is 1. The zero-order chi connectivity index (χ0) is 13.1. The third-order valence-electron chi connectivity index (χ3n) is 2.91. The molecule has 1 amide bonds. The number of ether oxygens (including phenoxy) is 1. The standard InChI is InChI=1S/C12H16FN3O2/c1-8(14)11-7-16(4-5-18-11)12(17)10-3-2-9(13)6-15-10/h2-3,6,8,11H,4-5,7,14H2,1H3. The fraction of sp³-hybridized carbons (Fsp3) is 0.500. The fourth-order valence-electron chi connectivity index (χ4n) is 1.84. The summed E-state index contributed by atoms with van der Waals surface area (Å²) in [6, 6.07) is 2.47. The Labute approximate surface area is 105 Å². The second kappa shape index (κ2) is 5.41. The molecule has 0 saturated carbocycles. The third kappa shape index (κ3) is 2.83. The number of amides is 1. The van der Waals surface area contributed by atoms with Crippen LogP contribution >= 0.6 is 0 Å². The van der Waals surface area contributed by atoms with Crippen LogP contribution < -0.4 is 5.73 Å². The van der Waals surface area contributed by atoms with Crippen molar-refractivity contribution in [2.75, 3.05) is 19.7 Å². The number of halogens is 1. The second-order valence-electron chi connectivity index (χ2n) is 4.38. The second-order valence-corrected chi connectivity index (χ2v) is 4.38. The predicted octanol–water partition coefficient (Wildman–Crippen LogP) is 0.409. The molecule has 2 heterocycles. The van der Waals surface area contributed by atoms with Gasteiger partial charge in [0.2, 0.25) is 0 Å². The van der Waals surface area contributed by atoms with Crippen molar-refractivity contribution in [2.45, 2.75) is 19.1 Å². The molecule has 98 valence electrons. The Kier molecular flexibility index (Phi) is 3.88. The topological polar surface area (TPSA) is 68.5 Å². The summed E-state index contributed by atoms with van der Waals surface area (Å²) in [7, 11) is 0. The van der Waals surface area contributed by atoms with Crippen LogP contribution in [0.3, 0.4) is 0 Å². The quantitative estimate of drug-likeness (QED) is 0.829. The minimum Gasteiger partial charge on any atom is -0.373 e. The molecule has 18 heavy (non-hydrogen) atoms. The molecule has 0 spiro atoms. The van der Waals surface area contributed by atoms with Crippen LogP contribution in [0.4, 0.5) is 4.39 Å². The van der Waals surface area contributed by atoms with Gasteiger partial charge in [-0.25, -0.2) is 9.37 Å². The molecule has 6 heteroatoms. The highest BCUT2D eigenvalue weighted by Gasteiger charge is 2.27. The molecule has 1 fully saturated rings. The molecule has 1 aliphatic heterocycles. The lowest BCUT2D eigenvalue weighted by atomic mass is 10.1. The van der Waals surface area contributed by atoms with Gasteiger partial charge in [0.25, 0.3) is 5.91 Å². The minimum absolute atomic E-state index is 0.137. The molecular formula is C12H16FN3O2.